The van der Waals surface area contributed by atoms with E-state index in [0.717, 1.165) is 28.2 Å². The number of rotatable bonds is 5. The minimum Gasteiger partial charge on any atom is -0.338 e. The van der Waals surface area contributed by atoms with E-state index in [1.807, 2.05) is 37.1 Å². The van der Waals surface area contributed by atoms with Crippen molar-refractivity contribution in [3.05, 3.63) is 59.4 Å². The zero-order valence-corrected chi connectivity index (χ0v) is 18.7. The number of likely N-dealkylation sites (N-methyl/N-ethyl adjacent to an activating group) is 1. The second-order valence-electron chi connectivity index (χ2n) is 7.86. The Balaban J connectivity index is 1.35. The van der Waals surface area contributed by atoms with Gasteiger partial charge in [0.25, 0.3) is 5.91 Å². The molecule has 162 valence electrons. The van der Waals surface area contributed by atoms with Gasteiger partial charge in [0, 0.05) is 51.2 Å². The van der Waals surface area contributed by atoms with E-state index in [9.17, 15) is 9.59 Å². The fourth-order valence-corrected chi connectivity index (χ4v) is 4.97. The SMILES string of the molecule is CC(C(=O)N(C)Cc1nc2ccccc2s1)N1CCCN(C(=O)c2ccncc2)CC1. The fourth-order valence-electron chi connectivity index (χ4n) is 3.95. The molecule has 0 spiro atoms. The van der Waals surface area contributed by atoms with Crippen LogP contribution in [0.1, 0.15) is 28.7 Å². The van der Waals surface area contributed by atoms with Gasteiger partial charge in [-0.05, 0) is 37.6 Å². The Hall–Kier alpha value is -2.84. The Morgan fingerprint density at radius 3 is 2.65 bits per heavy atom. The first-order chi connectivity index (χ1) is 15.0. The Morgan fingerprint density at radius 2 is 1.87 bits per heavy atom. The van der Waals surface area contributed by atoms with Crippen LogP contribution in [0.3, 0.4) is 0 Å². The number of thiazole rings is 1. The Labute approximate surface area is 186 Å². The molecular formula is C23H27N5O2S. The first kappa shape index (κ1) is 21.4. The zero-order chi connectivity index (χ0) is 21.8. The number of nitrogens with zero attached hydrogens (tertiary/aromatic N) is 5. The lowest BCUT2D eigenvalue weighted by Crippen LogP contribution is -2.47. The Bertz CT molecular complexity index is 1020. The lowest BCUT2D eigenvalue weighted by molar-refractivity contribution is -0.135. The van der Waals surface area contributed by atoms with Crippen molar-refractivity contribution in [2.75, 3.05) is 33.2 Å². The van der Waals surface area contributed by atoms with Crippen molar-refractivity contribution in [1.29, 1.82) is 0 Å². The summed E-state index contributed by atoms with van der Waals surface area (Å²) in [5, 5.41) is 0.939. The van der Waals surface area contributed by atoms with Crippen LogP contribution < -0.4 is 0 Å². The first-order valence-electron chi connectivity index (χ1n) is 10.6. The van der Waals surface area contributed by atoms with Crippen molar-refractivity contribution in [2.24, 2.45) is 0 Å². The molecule has 0 aliphatic carbocycles. The minimum atomic E-state index is -0.240. The first-order valence-corrected chi connectivity index (χ1v) is 11.4. The highest BCUT2D eigenvalue weighted by Gasteiger charge is 2.28. The van der Waals surface area contributed by atoms with Gasteiger partial charge in [0.15, 0.2) is 0 Å². The van der Waals surface area contributed by atoms with Gasteiger partial charge in [-0.3, -0.25) is 19.5 Å². The molecule has 1 atom stereocenters. The molecular weight excluding hydrogens is 410 g/mol. The van der Waals surface area contributed by atoms with Crippen LogP contribution in [0.5, 0.6) is 0 Å². The van der Waals surface area contributed by atoms with Gasteiger partial charge >= 0.3 is 0 Å². The van der Waals surface area contributed by atoms with E-state index in [2.05, 4.69) is 20.9 Å². The normalized spacial score (nSPS) is 16.1. The molecule has 31 heavy (non-hydrogen) atoms. The molecule has 1 aliphatic rings. The lowest BCUT2D eigenvalue weighted by Gasteiger charge is -2.30. The molecule has 0 saturated carbocycles. The molecule has 1 saturated heterocycles. The van der Waals surface area contributed by atoms with Crippen molar-refractivity contribution in [1.82, 2.24) is 24.7 Å². The predicted octanol–water partition coefficient (Wildman–Crippen LogP) is 2.89. The van der Waals surface area contributed by atoms with Gasteiger partial charge in [-0.15, -0.1) is 11.3 Å². The fraction of sp³-hybridized carbons (Fsp3) is 0.391. The van der Waals surface area contributed by atoms with Crippen LogP contribution in [-0.2, 0) is 11.3 Å². The van der Waals surface area contributed by atoms with E-state index < -0.39 is 0 Å². The van der Waals surface area contributed by atoms with Crippen LogP contribution >= 0.6 is 11.3 Å². The molecule has 3 aromatic rings. The smallest absolute Gasteiger partial charge is 0.254 e. The molecule has 2 amide bonds. The maximum absolute atomic E-state index is 13.1. The van der Waals surface area contributed by atoms with Crippen LogP contribution in [0.25, 0.3) is 10.2 Å². The summed E-state index contributed by atoms with van der Waals surface area (Å²) in [6.07, 6.45) is 4.12. The predicted molar refractivity (Wildman–Crippen MR) is 122 cm³/mol. The second-order valence-corrected chi connectivity index (χ2v) is 8.98. The van der Waals surface area contributed by atoms with E-state index in [-0.39, 0.29) is 17.9 Å². The van der Waals surface area contributed by atoms with Crippen LogP contribution in [-0.4, -0.2) is 75.8 Å². The monoisotopic (exact) mass is 437 g/mol. The standard InChI is InChI=1S/C23H27N5O2S/c1-17(22(29)26(2)16-21-25-19-6-3-4-7-20(19)31-21)27-12-5-13-28(15-14-27)23(30)18-8-10-24-11-9-18/h3-4,6-11,17H,5,12-16H2,1-2H3. The van der Waals surface area contributed by atoms with E-state index in [1.165, 1.54) is 0 Å². The van der Waals surface area contributed by atoms with Gasteiger partial charge in [0.2, 0.25) is 5.91 Å². The summed E-state index contributed by atoms with van der Waals surface area (Å²) in [7, 11) is 1.84. The lowest BCUT2D eigenvalue weighted by atomic mass is 10.2. The van der Waals surface area contributed by atoms with Crippen LogP contribution in [0.2, 0.25) is 0 Å². The van der Waals surface area contributed by atoms with Gasteiger partial charge in [0.1, 0.15) is 5.01 Å². The quantitative estimate of drug-likeness (QED) is 0.614. The highest BCUT2D eigenvalue weighted by Crippen LogP contribution is 2.23. The number of amides is 2. The molecule has 1 aromatic carbocycles. The molecule has 7 nitrogen and oxygen atoms in total. The number of para-hydroxylation sites is 1. The van der Waals surface area contributed by atoms with Gasteiger partial charge in [-0.25, -0.2) is 4.98 Å². The van der Waals surface area contributed by atoms with Gasteiger partial charge < -0.3 is 9.80 Å². The average Bonchev–Trinajstić information content (AvgIpc) is 3.04. The summed E-state index contributed by atoms with van der Waals surface area (Å²) in [6, 6.07) is 11.3. The summed E-state index contributed by atoms with van der Waals surface area (Å²) in [5.74, 6) is 0.101. The van der Waals surface area contributed by atoms with E-state index in [1.54, 1.807) is 40.8 Å². The molecule has 0 bridgehead atoms. The number of hydrogen-bond acceptors (Lipinski definition) is 6. The Kier molecular flexibility index (Phi) is 6.58. The number of hydrogen-bond donors (Lipinski definition) is 0. The maximum Gasteiger partial charge on any atom is 0.254 e. The van der Waals surface area contributed by atoms with Crippen molar-refractivity contribution < 1.29 is 9.59 Å². The summed E-state index contributed by atoms with van der Waals surface area (Å²) in [6.45, 7) is 5.24. The molecule has 4 rings (SSSR count). The second kappa shape index (κ2) is 9.53. The third-order valence-corrected chi connectivity index (χ3v) is 6.76. The zero-order valence-electron chi connectivity index (χ0n) is 17.9. The van der Waals surface area contributed by atoms with Gasteiger partial charge in [0.05, 0.1) is 22.8 Å². The average molecular weight is 438 g/mol. The highest BCUT2D eigenvalue weighted by molar-refractivity contribution is 7.18. The van der Waals surface area contributed by atoms with Crippen LogP contribution in [0.15, 0.2) is 48.8 Å². The molecule has 8 heteroatoms. The molecule has 3 heterocycles. The molecule has 0 radical (unpaired) electrons. The van der Waals surface area contributed by atoms with Crippen molar-refractivity contribution in [3.8, 4) is 0 Å². The summed E-state index contributed by atoms with van der Waals surface area (Å²) in [4.78, 5) is 40.3. The number of carbonyl (C=O) groups is 2. The van der Waals surface area contributed by atoms with Crippen molar-refractivity contribution in [2.45, 2.75) is 25.9 Å². The molecule has 2 aromatic heterocycles. The summed E-state index contributed by atoms with van der Waals surface area (Å²) >= 11 is 1.63. The molecule has 1 unspecified atom stereocenters. The van der Waals surface area contributed by atoms with Crippen LogP contribution in [0.4, 0.5) is 0 Å². The molecule has 1 fully saturated rings. The topological polar surface area (TPSA) is 69.6 Å². The van der Waals surface area contributed by atoms with Gasteiger partial charge in [-0.1, -0.05) is 12.1 Å². The largest absolute Gasteiger partial charge is 0.338 e. The number of benzene rings is 1. The third kappa shape index (κ3) is 4.91. The van der Waals surface area contributed by atoms with E-state index in [4.69, 9.17) is 0 Å². The van der Waals surface area contributed by atoms with E-state index >= 15 is 0 Å². The highest BCUT2D eigenvalue weighted by atomic mass is 32.1. The summed E-state index contributed by atoms with van der Waals surface area (Å²) in [5.41, 5.74) is 1.63. The number of aromatic nitrogens is 2. The minimum absolute atomic E-state index is 0.0242. The van der Waals surface area contributed by atoms with E-state index in [0.29, 0.717) is 31.7 Å². The van der Waals surface area contributed by atoms with Gasteiger partial charge in [-0.2, -0.15) is 0 Å². The van der Waals surface area contributed by atoms with Crippen molar-refractivity contribution >= 4 is 33.4 Å². The number of fused-ring (bicyclic) bond motifs is 1. The third-order valence-electron chi connectivity index (χ3n) is 5.74. The maximum atomic E-state index is 13.1. The molecule has 0 N–H and O–H groups in total. The van der Waals surface area contributed by atoms with Crippen LogP contribution in [0, 0.1) is 0 Å². The van der Waals surface area contributed by atoms with Crippen molar-refractivity contribution in [3.63, 3.8) is 0 Å². The summed E-state index contributed by atoms with van der Waals surface area (Å²) < 4.78 is 1.14. The number of pyridine rings is 1. The molecule has 1 aliphatic heterocycles. The number of carbonyl (C=O) groups excluding carboxylic acids is 2. The Morgan fingerprint density at radius 1 is 1.10 bits per heavy atom.